The fourth-order valence-electron chi connectivity index (χ4n) is 3.42. The Morgan fingerprint density at radius 3 is 2.96 bits per heavy atom. The molecule has 1 N–H and O–H groups in total. The molecule has 0 bridgehead atoms. The number of carbonyl (C=O) groups excluding carboxylic acids is 1. The Morgan fingerprint density at radius 2 is 2.21 bits per heavy atom. The van der Waals surface area contributed by atoms with E-state index < -0.39 is 5.97 Å². The van der Waals surface area contributed by atoms with Crippen LogP contribution in [0.1, 0.15) is 41.7 Å². The predicted molar refractivity (Wildman–Crippen MR) is 88.7 cm³/mol. The van der Waals surface area contributed by atoms with Crippen LogP contribution in [0.5, 0.6) is 0 Å². The van der Waals surface area contributed by atoms with Gasteiger partial charge >= 0.3 is 5.97 Å². The molecule has 24 heavy (non-hydrogen) atoms. The van der Waals surface area contributed by atoms with Crippen LogP contribution in [-0.4, -0.2) is 49.7 Å². The number of likely N-dealkylation sites (tertiary alicyclic amines) is 1. The first kappa shape index (κ1) is 16.4. The third-order valence-electron chi connectivity index (χ3n) is 4.68. The van der Waals surface area contributed by atoms with Crippen molar-refractivity contribution >= 4 is 22.9 Å². The lowest BCUT2D eigenvalue weighted by Gasteiger charge is -2.32. The van der Waals surface area contributed by atoms with Gasteiger partial charge in [-0.1, -0.05) is 0 Å². The maximum absolute atomic E-state index is 12.8. The molecule has 0 saturated carbocycles. The highest BCUT2D eigenvalue weighted by Gasteiger charge is 2.25. The van der Waals surface area contributed by atoms with Crippen LogP contribution in [0.25, 0.3) is 11.0 Å². The highest BCUT2D eigenvalue weighted by atomic mass is 16.4. The smallest absolute Gasteiger partial charge is 0.303 e. The molecule has 1 aliphatic heterocycles. The number of rotatable bonds is 4. The van der Waals surface area contributed by atoms with Crippen molar-refractivity contribution in [2.75, 3.05) is 13.1 Å². The van der Waals surface area contributed by atoms with Crippen LogP contribution < -0.4 is 0 Å². The summed E-state index contributed by atoms with van der Waals surface area (Å²) in [5.41, 5.74) is 2.19. The number of hydrogen-bond acceptors (Lipinski definition) is 4. The Hall–Kier alpha value is -2.44. The zero-order chi connectivity index (χ0) is 17.3. The number of nitrogens with zero attached hydrogens (tertiary/aromatic N) is 4. The molecule has 1 amide bonds. The number of amides is 1. The second-order valence-electron chi connectivity index (χ2n) is 6.50. The lowest BCUT2D eigenvalue weighted by atomic mass is 9.93. The van der Waals surface area contributed by atoms with E-state index >= 15 is 0 Å². The lowest BCUT2D eigenvalue weighted by molar-refractivity contribution is -0.137. The maximum atomic E-state index is 12.8. The number of carboxylic acid groups (broad SMARTS) is 1. The molecular formula is C17H22N4O3. The van der Waals surface area contributed by atoms with Crippen LogP contribution in [-0.2, 0) is 11.8 Å². The van der Waals surface area contributed by atoms with Gasteiger partial charge in [0.2, 0.25) is 0 Å². The number of aryl methyl sites for hydroxylation is 2. The van der Waals surface area contributed by atoms with Crippen molar-refractivity contribution in [3.63, 3.8) is 0 Å². The molecule has 7 nitrogen and oxygen atoms in total. The van der Waals surface area contributed by atoms with Crippen molar-refractivity contribution in [2.45, 2.75) is 32.6 Å². The second kappa shape index (κ2) is 6.59. The van der Waals surface area contributed by atoms with Crippen LogP contribution >= 0.6 is 0 Å². The van der Waals surface area contributed by atoms with Gasteiger partial charge in [0.1, 0.15) is 0 Å². The summed E-state index contributed by atoms with van der Waals surface area (Å²) in [5, 5.41) is 14.1. The summed E-state index contributed by atoms with van der Waals surface area (Å²) >= 11 is 0. The zero-order valence-electron chi connectivity index (χ0n) is 14.0. The van der Waals surface area contributed by atoms with Gasteiger partial charge in [-0.3, -0.25) is 14.3 Å². The monoisotopic (exact) mass is 330 g/mol. The number of piperidine rings is 1. The Morgan fingerprint density at radius 1 is 1.42 bits per heavy atom. The SMILES string of the molecule is Cc1nn(C)c2ncc(C(=O)N3CCCC(CCC(=O)O)C3)cc12. The number of aromatic nitrogens is 3. The first-order chi connectivity index (χ1) is 11.5. The van der Waals surface area contributed by atoms with Crippen molar-refractivity contribution in [3.05, 3.63) is 23.5 Å². The van der Waals surface area contributed by atoms with Crippen molar-refractivity contribution in [3.8, 4) is 0 Å². The van der Waals surface area contributed by atoms with Crippen LogP contribution in [0.3, 0.4) is 0 Å². The minimum absolute atomic E-state index is 0.0346. The van der Waals surface area contributed by atoms with Gasteiger partial charge in [-0.15, -0.1) is 0 Å². The molecule has 1 atom stereocenters. The van der Waals surface area contributed by atoms with E-state index in [0.29, 0.717) is 25.1 Å². The third-order valence-corrected chi connectivity index (χ3v) is 4.68. The standard InChI is InChI=1S/C17H22N4O3/c1-11-14-8-13(9-18-16(14)20(2)19-11)17(24)21-7-3-4-12(10-21)5-6-15(22)23/h8-9,12H,3-7,10H2,1-2H3,(H,22,23). The molecule has 3 heterocycles. The Balaban J connectivity index is 1.75. The Kier molecular flexibility index (Phi) is 4.51. The molecule has 0 radical (unpaired) electrons. The van der Waals surface area contributed by atoms with E-state index in [1.807, 2.05) is 24.9 Å². The average molecular weight is 330 g/mol. The van der Waals surface area contributed by atoms with Crippen molar-refractivity contribution < 1.29 is 14.7 Å². The summed E-state index contributed by atoms with van der Waals surface area (Å²) in [6.07, 6.45) is 4.29. The van der Waals surface area contributed by atoms with E-state index in [4.69, 9.17) is 5.11 Å². The molecule has 2 aromatic rings. The molecule has 2 aromatic heterocycles. The molecule has 7 heteroatoms. The van der Waals surface area contributed by atoms with Gasteiger partial charge in [-0.2, -0.15) is 5.10 Å². The van der Waals surface area contributed by atoms with Gasteiger partial charge in [0.15, 0.2) is 5.65 Å². The average Bonchev–Trinajstić information content (AvgIpc) is 2.86. The van der Waals surface area contributed by atoms with E-state index in [2.05, 4.69) is 10.1 Å². The zero-order valence-corrected chi connectivity index (χ0v) is 14.0. The summed E-state index contributed by atoms with van der Waals surface area (Å²) in [4.78, 5) is 29.7. The highest BCUT2D eigenvalue weighted by Crippen LogP contribution is 2.23. The van der Waals surface area contributed by atoms with Gasteiger partial charge in [0.05, 0.1) is 11.3 Å². The first-order valence-corrected chi connectivity index (χ1v) is 8.26. The first-order valence-electron chi connectivity index (χ1n) is 8.26. The Labute approximate surface area is 140 Å². The van der Waals surface area contributed by atoms with Gasteiger partial charge in [-0.25, -0.2) is 4.98 Å². The second-order valence-corrected chi connectivity index (χ2v) is 6.50. The fraction of sp³-hybridized carbons (Fsp3) is 0.529. The molecule has 128 valence electrons. The third kappa shape index (κ3) is 3.25. The largest absolute Gasteiger partial charge is 0.481 e. The summed E-state index contributed by atoms with van der Waals surface area (Å²) < 4.78 is 1.71. The molecule has 0 spiro atoms. The van der Waals surface area contributed by atoms with Crippen LogP contribution in [0.2, 0.25) is 0 Å². The molecule has 0 aromatic carbocycles. The van der Waals surface area contributed by atoms with Crippen LogP contribution in [0.4, 0.5) is 0 Å². The van der Waals surface area contributed by atoms with Gasteiger partial charge in [0.25, 0.3) is 5.91 Å². The molecular weight excluding hydrogens is 308 g/mol. The predicted octanol–water partition coefficient (Wildman–Crippen LogP) is 1.99. The number of pyridine rings is 1. The van der Waals surface area contributed by atoms with E-state index in [0.717, 1.165) is 29.6 Å². The van der Waals surface area contributed by atoms with Crippen molar-refractivity contribution in [2.24, 2.45) is 13.0 Å². The number of fused-ring (bicyclic) bond motifs is 1. The van der Waals surface area contributed by atoms with Crippen LogP contribution in [0.15, 0.2) is 12.3 Å². The molecule has 0 aliphatic carbocycles. The van der Waals surface area contributed by atoms with E-state index in [1.54, 1.807) is 10.9 Å². The number of hydrogen-bond donors (Lipinski definition) is 1. The Bertz CT molecular complexity index is 783. The lowest BCUT2D eigenvalue weighted by Crippen LogP contribution is -2.40. The molecule has 1 aliphatic rings. The van der Waals surface area contributed by atoms with E-state index in [9.17, 15) is 9.59 Å². The van der Waals surface area contributed by atoms with Gasteiger partial charge in [0, 0.05) is 38.1 Å². The quantitative estimate of drug-likeness (QED) is 0.926. The molecule has 1 saturated heterocycles. The van der Waals surface area contributed by atoms with Crippen LogP contribution in [0, 0.1) is 12.8 Å². The normalized spacial score (nSPS) is 18.1. The minimum Gasteiger partial charge on any atom is -0.481 e. The summed E-state index contributed by atoms with van der Waals surface area (Å²) in [6, 6.07) is 1.86. The van der Waals surface area contributed by atoms with Crippen molar-refractivity contribution in [1.82, 2.24) is 19.7 Å². The number of aliphatic carboxylic acids is 1. The van der Waals surface area contributed by atoms with Gasteiger partial charge in [-0.05, 0) is 38.2 Å². The highest BCUT2D eigenvalue weighted by molar-refractivity contribution is 5.97. The summed E-state index contributed by atoms with van der Waals surface area (Å²) in [6.45, 7) is 3.24. The maximum Gasteiger partial charge on any atom is 0.303 e. The summed E-state index contributed by atoms with van der Waals surface area (Å²) in [7, 11) is 1.83. The summed E-state index contributed by atoms with van der Waals surface area (Å²) in [5.74, 6) is -0.552. The fourth-order valence-corrected chi connectivity index (χ4v) is 3.42. The van der Waals surface area contributed by atoms with Crippen molar-refractivity contribution in [1.29, 1.82) is 0 Å². The van der Waals surface area contributed by atoms with E-state index in [-0.39, 0.29) is 18.2 Å². The molecule has 1 unspecified atom stereocenters. The number of carbonyl (C=O) groups is 2. The molecule has 3 rings (SSSR count). The van der Waals surface area contributed by atoms with E-state index in [1.165, 1.54) is 0 Å². The minimum atomic E-state index is -0.778. The number of carboxylic acids is 1. The topological polar surface area (TPSA) is 88.3 Å². The molecule has 1 fully saturated rings. The van der Waals surface area contributed by atoms with Gasteiger partial charge < -0.3 is 10.0 Å².